The first kappa shape index (κ1) is 7.72. The fraction of sp³-hybridized carbons (Fsp3) is 0.833. The van der Waals surface area contributed by atoms with Crippen LogP contribution in [0.1, 0.15) is 12.8 Å². The Morgan fingerprint density at radius 1 is 1.70 bits per heavy atom. The molecule has 2 unspecified atom stereocenters. The minimum Gasteiger partial charge on any atom is -0.468 e. The third-order valence-electron chi connectivity index (χ3n) is 1.59. The van der Waals surface area contributed by atoms with Crippen molar-refractivity contribution >= 4 is 16.8 Å². The van der Waals surface area contributed by atoms with Gasteiger partial charge in [0.05, 0.1) is 7.11 Å². The molecule has 0 saturated carbocycles. The highest BCUT2D eigenvalue weighted by Crippen LogP contribution is 2.16. The summed E-state index contributed by atoms with van der Waals surface area (Å²) in [6.45, 7) is 0. The summed E-state index contributed by atoms with van der Waals surface area (Å²) in [6.07, 6.45) is 1.60. The molecule has 0 aromatic rings. The van der Waals surface area contributed by atoms with Gasteiger partial charge >= 0.3 is 5.97 Å². The molecular formula is C6H10O3S. The van der Waals surface area contributed by atoms with Crippen LogP contribution in [0.25, 0.3) is 0 Å². The number of methoxy groups -OCH3 is 1. The van der Waals surface area contributed by atoms with Gasteiger partial charge in [-0.25, -0.2) is 0 Å². The summed E-state index contributed by atoms with van der Waals surface area (Å²) < 4.78 is 15.5. The van der Waals surface area contributed by atoms with Gasteiger partial charge in [0, 0.05) is 16.6 Å². The van der Waals surface area contributed by atoms with Crippen molar-refractivity contribution in [3.63, 3.8) is 0 Å². The van der Waals surface area contributed by atoms with E-state index in [1.165, 1.54) is 7.11 Å². The Morgan fingerprint density at radius 3 is 2.80 bits per heavy atom. The predicted octanol–water partition coefficient (Wildman–Crippen LogP) is 0.0705. The van der Waals surface area contributed by atoms with E-state index in [0.29, 0.717) is 5.75 Å². The number of carbonyl (C=O) groups excluding carboxylic acids is 1. The van der Waals surface area contributed by atoms with Crippen molar-refractivity contribution in [3.8, 4) is 0 Å². The van der Waals surface area contributed by atoms with Crippen LogP contribution >= 0.6 is 0 Å². The smallest absolute Gasteiger partial charge is 0.321 e. The Labute approximate surface area is 62.2 Å². The van der Waals surface area contributed by atoms with Gasteiger partial charge in [0.2, 0.25) is 0 Å². The molecule has 0 spiro atoms. The maximum absolute atomic E-state index is 11.0. The molecule has 4 heteroatoms. The van der Waals surface area contributed by atoms with Crippen molar-refractivity contribution in [1.29, 1.82) is 0 Å². The number of hydrogen-bond acceptors (Lipinski definition) is 3. The first-order chi connectivity index (χ1) is 4.75. The maximum atomic E-state index is 11.0. The van der Waals surface area contributed by atoms with Crippen molar-refractivity contribution in [2.45, 2.75) is 18.1 Å². The molecule has 0 N–H and O–H groups in total. The third kappa shape index (κ3) is 1.37. The summed E-state index contributed by atoms with van der Waals surface area (Å²) in [6, 6.07) is 0. The van der Waals surface area contributed by atoms with Gasteiger partial charge in [-0.05, 0) is 12.8 Å². The molecule has 1 fully saturated rings. The molecule has 1 heterocycles. The lowest BCUT2D eigenvalue weighted by atomic mass is 10.2. The Hall–Kier alpha value is -0.380. The zero-order chi connectivity index (χ0) is 7.56. The predicted molar refractivity (Wildman–Crippen MR) is 38.0 cm³/mol. The lowest BCUT2D eigenvalue weighted by molar-refractivity contribution is -0.140. The highest BCUT2D eigenvalue weighted by molar-refractivity contribution is 7.86. The zero-order valence-electron chi connectivity index (χ0n) is 5.83. The number of hydrogen-bond donors (Lipinski definition) is 0. The van der Waals surface area contributed by atoms with E-state index in [2.05, 4.69) is 4.74 Å². The Kier molecular flexibility index (Phi) is 2.43. The van der Waals surface area contributed by atoms with Crippen LogP contribution < -0.4 is 0 Å². The summed E-state index contributed by atoms with van der Waals surface area (Å²) in [4.78, 5) is 10.8. The molecule has 0 aromatic carbocycles. The zero-order valence-corrected chi connectivity index (χ0v) is 6.65. The first-order valence-electron chi connectivity index (χ1n) is 3.20. The standard InChI is InChI=1S/C6H10O3S/c1-9-6(7)5-3-2-4-10(5)8/h5H,2-4H2,1H3. The summed E-state index contributed by atoms with van der Waals surface area (Å²) in [7, 11) is 0.366. The molecule has 0 amide bonds. The second-order valence-corrected chi connectivity index (χ2v) is 3.98. The van der Waals surface area contributed by atoms with Gasteiger partial charge in [-0.2, -0.15) is 0 Å². The maximum Gasteiger partial charge on any atom is 0.321 e. The van der Waals surface area contributed by atoms with Crippen LogP contribution in [0.2, 0.25) is 0 Å². The van der Waals surface area contributed by atoms with E-state index in [1.54, 1.807) is 0 Å². The van der Waals surface area contributed by atoms with Crippen LogP contribution in [0.4, 0.5) is 0 Å². The topological polar surface area (TPSA) is 43.4 Å². The Bertz CT molecular complexity index is 166. The van der Waals surface area contributed by atoms with Gasteiger partial charge in [0.1, 0.15) is 5.25 Å². The number of rotatable bonds is 1. The van der Waals surface area contributed by atoms with Crippen LogP contribution in [-0.2, 0) is 20.3 Å². The summed E-state index contributed by atoms with van der Waals surface area (Å²) in [5.41, 5.74) is 0. The minimum atomic E-state index is -0.965. The molecule has 58 valence electrons. The van der Waals surface area contributed by atoms with E-state index < -0.39 is 10.8 Å². The molecule has 0 aliphatic carbocycles. The van der Waals surface area contributed by atoms with E-state index in [4.69, 9.17) is 0 Å². The lowest BCUT2D eigenvalue weighted by Gasteiger charge is -2.03. The largest absolute Gasteiger partial charge is 0.468 e. The molecule has 0 radical (unpaired) electrons. The summed E-state index contributed by atoms with van der Waals surface area (Å²) in [5.74, 6) is 0.329. The molecule has 0 aromatic heterocycles. The highest BCUT2D eigenvalue weighted by Gasteiger charge is 2.30. The molecule has 1 aliphatic rings. The molecule has 3 nitrogen and oxygen atoms in total. The Morgan fingerprint density at radius 2 is 2.40 bits per heavy atom. The van der Waals surface area contributed by atoms with E-state index in [1.807, 2.05) is 0 Å². The summed E-state index contributed by atoms with van der Waals surface area (Å²) >= 11 is 0. The van der Waals surface area contributed by atoms with Crippen molar-refractivity contribution in [2.75, 3.05) is 12.9 Å². The fourth-order valence-corrected chi connectivity index (χ4v) is 2.52. The minimum absolute atomic E-state index is 0.323. The van der Waals surface area contributed by atoms with Crippen LogP contribution in [0, 0.1) is 0 Å². The first-order valence-corrected chi connectivity index (χ1v) is 4.59. The van der Waals surface area contributed by atoms with E-state index in [-0.39, 0.29) is 11.2 Å². The van der Waals surface area contributed by atoms with Gasteiger partial charge in [0.25, 0.3) is 0 Å². The van der Waals surface area contributed by atoms with Crippen LogP contribution in [0.3, 0.4) is 0 Å². The van der Waals surface area contributed by atoms with Gasteiger partial charge in [-0.1, -0.05) is 0 Å². The van der Waals surface area contributed by atoms with Crippen LogP contribution in [0.5, 0.6) is 0 Å². The van der Waals surface area contributed by atoms with Gasteiger partial charge in [0.15, 0.2) is 0 Å². The average molecular weight is 162 g/mol. The average Bonchev–Trinajstić information content (AvgIpc) is 2.34. The molecular weight excluding hydrogens is 152 g/mol. The van der Waals surface area contributed by atoms with E-state index in [0.717, 1.165) is 12.8 Å². The molecule has 10 heavy (non-hydrogen) atoms. The van der Waals surface area contributed by atoms with Crippen molar-refractivity contribution in [2.24, 2.45) is 0 Å². The quantitative estimate of drug-likeness (QED) is 0.512. The van der Waals surface area contributed by atoms with Gasteiger partial charge < -0.3 is 4.74 Å². The second-order valence-electron chi connectivity index (χ2n) is 2.24. The SMILES string of the molecule is COC(=O)C1CCCS1=O. The van der Waals surface area contributed by atoms with Gasteiger partial charge in [-0.15, -0.1) is 0 Å². The van der Waals surface area contributed by atoms with Crippen LogP contribution in [-0.4, -0.2) is 28.3 Å². The van der Waals surface area contributed by atoms with Crippen molar-refractivity contribution in [1.82, 2.24) is 0 Å². The molecule has 1 saturated heterocycles. The van der Waals surface area contributed by atoms with Crippen LogP contribution in [0.15, 0.2) is 0 Å². The van der Waals surface area contributed by atoms with E-state index in [9.17, 15) is 9.00 Å². The van der Waals surface area contributed by atoms with E-state index >= 15 is 0 Å². The van der Waals surface area contributed by atoms with Crippen molar-refractivity contribution < 1.29 is 13.7 Å². The second kappa shape index (κ2) is 3.14. The highest BCUT2D eigenvalue weighted by atomic mass is 32.2. The monoisotopic (exact) mass is 162 g/mol. The molecule has 0 bridgehead atoms. The number of ether oxygens (including phenoxy) is 1. The number of carbonyl (C=O) groups is 1. The third-order valence-corrected chi connectivity index (χ3v) is 3.35. The number of esters is 1. The lowest BCUT2D eigenvalue weighted by Crippen LogP contribution is -2.22. The molecule has 2 atom stereocenters. The molecule has 1 rings (SSSR count). The van der Waals surface area contributed by atoms with Gasteiger partial charge in [-0.3, -0.25) is 9.00 Å². The summed E-state index contributed by atoms with van der Waals surface area (Å²) in [5, 5.41) is -0.343. The van der Waals surface area contributed by atoms with Crippen molar-refractivity contribution in [3.05, 3.63) is 0 Å². The molecule has 1 aliphatic heterocycles. The fourth-order valence-electron chi connectivity index (χ4n) is 1.04. The normalized spacial score (nSPS) is 32.1. The Balaban J connectivity index is 2.55.